The van der Waals surface area contributed by atoms with Gasteiger partial charge in [0.2, 0.25) is 5.91 Å². The van der Waals surface area contributed by atoms with E-state index in [9.17, 15) is 9.18 Å². The first-order valence-corrected chi connectivity index (χ1v) is 7.84. The Morgan fingerprint density at radius 3 is 2.77 bits per heavy atom. The van der Waals surface area contributed by atoms with Gasteiger partial charge in [0.25, 0.3) is 0 Å². The van der Waals surface area contributed by atoms with Crippen molar-refractivity contribution in [2.45, 2.75) is 12.8 Å². The molecule has 1 aliphatic rings. The van der Waals surface area contributed by atoms with E-state index in [-0.39, 0.29) is 30.0 Å². The number of hydrogen-bond donors (Lipinski definition) is 2. The molecule has 1 saturated heterocycles. The number of carbonyl (C=O) groups excluding carboxylic acids is 1. The highest BCUT2D eigenvalue weighted by Crippen LogP contribution is 2.27. The van der Waals surface area contributed by atoms with Gasteiger partial charge in [-0.2, -0.15) is 0 Å². The molecule has 0 saturated carbocycles. The van der Waals surface area contributed by atoms with Crippen molar-refractivity contribution in [1.29, 1.82) is 0 Å². The molecule has 3 rings (SSSR count). The SMILES string of the molecule is Cl.O=C(Nc1nc(-c2ccccc2F)cs1)C1CCNCC1. The number of carbonyl (C=O) groups is 1. The normalized spacial score (nSPS) is 15.1. The summed E-state index contributed by atoms with van der Waals surface area (Å²) in [6, 6.07) is 6.50. The number of hydrogen-bond acceptors (Lipinski definition) is 4. The van der Waals surface area contributed by atoms with Crippen LogP contribution in [0, 0.1) is 11.7 Å². The number of rotatable bonds is 3. The fraction of sp³-hybridized carbons (Fsp3) is 0.333. The monoisotopic (exact) mass is 341 g/mol. The summed E-state index contributed by atoms with van der Waals surface area (Å²) in [6.45, 7) is 1.74. The predicted molar refractivity (Wildman–Crippen MR) is 89.0 cm³/mol. The van der Waals surface area contributed by atoms with E-state index >= 15 is 0 Å². The second-order valence-electron chi connectivity index (χ2n) is 5.03. The summed E-state index contributed by atoms with van der Waals surface area (Å²) in [6.07, 6.45) is 1.69. The summed E-state index contributed by atoms with van der Waals surface area (Å²) in [7, 11) is 0. The first-order valence-electron chi connectivity index (χ1n) is 6.96. The molecular formula is C15H17ClFN3OS. The molecule has 0 atom stereocenters. The first kappa shape index (κ1) is 16.9. The molecule has 2 aromatic rings. The Balaban J connectivity index is 0.00000176. The van der Waals surface area contributed by atoms with Crippen molar-refractivity contribution in [2.75, 3.05) is 18.4 Å². The fourth-order valence-corrected chi connectivity index (χ4v) is 3.13. The Bertz CT molecular complexity index is 643. The van der Waals surface area contributed by atoms with Crippen molar-refractivity contribution in [3.63, 3.8) is 0 Å². The van der Waals surface area contributed by atoms with Crippen LogP contribution in [0.5, 0.6) is 0 Å². The zero-order valence-corrected chi connectivity index (χ0v) is 13.5. The van der Waals surface area contributed by atoms with Gasteiger partial charge in [-0.25, -0.2) is 9.37 Å². The van der Waals surface area contributed by atoms with E-state index in [0.29, 0.717) is 16.4 Å². The maximum Gasteiger partial charge on any atom is 0.229 e. The maximum atomic E-state index is 13.7. The molecule has 0 bridgehead atoms. The molecule has 7 heteroatoms. The third kappa shape index (κ3) is 3.82. The van der Waals surface area contributed by atoms with Crippen molar-refractivity contribution >= 4 is 34.8 Å². The number of nitrogens with one attached hydrogen (secondary N) is 2. The van der Waals surface area contributed by atoms with E-state index in [4.69, 9.17) is 0 Å². The van der Waals surface area contributed by atoms with Crippen LogP contribution in [-0.4, -0.2) is 24.0 Å². The Morgan fingerprint density at radius 2 is 2.05 bits per heavy atom. The van der Waals surface area contributed by atoms with Gasteiger partial charge in [0.1, 0.15) is 5.82 Å². The van der Waals surface area contributed by atoms with E-state index in [1.807, 2.05) is 0 Å². The number of amides is 1. The van der Waals surface area contributed by atoms with Crippen LogP contribution in [0.15, 0.2) is 29.6 Å². The molecule has 1 amide bonds. The molecule has 0 unspecified atom stereocenters. The molecule has 0 aliphatic carbocycles. The van der Waals surface area contributed by atoms with Gasteiger partial charge in [0.05, 0.1) is 5.69 Å². The average Bonchev–Trinajstić information content (AvgIpc) is 2.97. The van der Waals surface area contributed by atoms with Gasteiger partial charge in [-0.05, 0) is 38.1 Å². The zero-order chi connectivity index (χ0) is 14.7. The number of nitrogens with zero attached hydrogens (tertiary/aromatic N) is 1. The van der Waals surface area contributed by atoms with Crippen LogP contribution in [0.25, 0.3) is 11.3 Å². The van der Waals surface area contributed by atoms with Gasteiger partial charge in [0.15, 0.2) is 5.13 Å². The van der Waals surface area contributed by atoms with Crippen LogP contribution >= 0.6 is 23.7 Å². The van der Waals surface area contributed by atoms with Gasteiger partial charge in [-0.1, -0.05) is 12.1 Å². The predicted octanol–water partition coefficient (Wildman–Crippen LogP) is 3.31. The molecule has 1 fully saturated rings. The smallest absolute Gasteiger partial charge is 0.229 e. The summed E-state index contributed by atoms with van der Waals surface area (Å²) in [5.41, 5.74) is 1.01. The van der Waals surface area contributed by atoms with Crippen LogP contribution in [-0.2, 0) is 4.79 Å². The molecule has 1 aromatic carbocycles. The summed E-state index contributed by atoms with van der Waals surface area (Å²) in [5, 5.41) is 8.36. The highest BCUT2D eigenvalue weighted by Gasteiger charge is 2.21. The van der Waals surface area contributed by atoms with E-state index in [1.54, 1.807) is 23.6 Å². The quantitative estimate of drug-likeness (QED) is 0.900. The van der Waals surface area contributed by atoms with Crippen molar-refractivity contribution in [2.24, 2.45) is 5.92 Å². The number of aromatic nitrogens is 1. The standard InChI is InChI=1S/C15H16FN3OS.ClH/c16-12-4-2-1-3-11(12)13-9-21-15(18-13)19-14(20)10-5-7-17-8-6-10;/h1-4,9-10,17H,5-8H2,(H,18,19,20);1H. The number of thiazole rings is 1. The molecule has 1 aliphatic heterocycles. The van der Waals surface area contributed by atoms with Crippen LogP contribution in [0.4, 0.5) is 9.52 Å². The highest BCUT2D eigenvalue weighted by molar-refractivity contribution is 7.14. The molecule has 0 radical (unpaired) electrons. The van der Waals surface area contributed by atoms with Crippen LogP contribution in [0.3, 0.4) is 0 Å². The van der Waals surface area contributed by atoms with Gasteiger partial charge in [-0.15, -0.1) is 23.7 Å². The fourth-order valence-electron chi connectivity index (χ4n) is 2.42. The zero-order valence-electron chi connectivity index (χ0n) is 11.8. The Kier molecular flexibility index (Phi) is 5.88. The molecule has 2 heterocycles. The maximum absolute atomic E-state index is 13.7. The van der Waals surface area contributed by atoms with Gasteiger partial charge >= 0.3 is 0 Å². The summed E-state index contributed by atoms with van der Waals surface area (Å²) in [4.78, 5) is 16.4. The van der Waals surface area contributed by atoms with E-state index in [1.165, 1.54) is 17.4 Å². The van der Waals surface area contributed by atoms with Crippen LogP contribution in [0.1, 0.15) is 12.8 Å². The number of anilines is 1. The lowest BCUT2D eigenvalue weighted by atomic mass is 9.97. The molecule has 1 aromatic heterocycles. The second-order valence-corrected chi connectivity index (χ2v) is 5.89. The lowest BCUT2D eigenvalue weighted by Gasteiger charge is -2.20. The molecule has 22 heavy (non-hydrogen) atoms. The lowest BCUT2D eigenvalue weighted by Crippen LogP contribution is -2.34. The molecular weight excluding hydrogens is 325 g/mol. The van der Waals surface area contributed by atoms with Crippen LogP contribution in [0.2, 0.25) is 0 Å². The Hall–Kier alpha value is -1.50. The topological polar surface area (TPSA) is 54.0 Å². The van der Waals surface area contributed by atoms with Crippen molar-refractivity contribution in [3.05, 3.63) is 35.5 Å². The van der Waals surface area contributed by atoms with Crippen molar-refractivity contribution in [1.82, 2.24) is 10.3 Å². The highest BCUT2D eigenvalue weighted by atomic mass is 35.5. The van der Waals surface area contributed by atoms with Crippen LogP contribution < -0.4 is 10.6 Å². The Labute approximate surface area is 138 Å². The first-order chi connectivity index (χ1) is 10.2. The molecule has 0 spiro atoms. The minimum Gasteiger partial charge on any atom is -0.317 e. The van der Waals surface area contributed by atoms with E-state index < -0.39 is 0 Å². The number of halogens is 2. The van der Waals surface area contributed by atoms with Gasteiger partial charge in [0, 0.05) is 16.9 Å². The number of piperidine rings is 1. The Morgan fingerprint density at radius 1 is 1.32 bits per heavy atom. The average molecular weight is 342 g/mol. The molecule has 118 valence electrons. The summed E-state index contributed by atoms with van der Waals surface area (Å²) < 4.78 is 13.7. The summed E-state index contributed by atoms with van der Waals surface area (Å²) in [5.74, 6) is -0.267. The molecule has 2 N–H and O–H groups in total. The second kappa shape index (κ2) is 7.67. The largest absolute Gasteiger partial charge is 0.317 e. The number of benzene rings is 1. The third-order valence-corrected chi connectivity index (χ3v) is 4.35. The summed E-state index contributed by atoms with van der Waals surface area (Å²) >= 11 is 1.32. The van der Waals surface area contributed by atoms with Gasteiger partial charge in [-0.3, -0.25) is 4.79 Å². The van der Waals surface area contributed by atoms with E-state index in [0.717, 1.165) is 25.9 Å². The minimum atomic E-state index is -0.306. The molecule has 4 nitrogen and oxygen atoms in total. The van der Waals surface area contributed by atoms with Gasteiger partial charge < -0.3 is 10.6 Å². The van der Waals surface area contributed by atoms with E-state index in [2.05, 4.69) is 15.6 Å². The lowest BCUT2D eigenvalue weighted by molar-refractivity contribution is -0.120. The minimum absolute atomic E-state index is 0. The van der Waals surface area contributed by atoms with Crippen molar-refractivity contribution < 1.29 is 9.18 Å². The third-order valence-electron chi connectivity index (χ3n) is 3.59. The van der Waals surface area contributed by atoms with Crippen molar-refractivity contribution in [3.8, 4) is 11.3 Å².